The maximum absolute atomic E-state index is 14.1. The lowest BCUT2D eigenvalue weighted by Crippen LogP contribution is -2.41. The highest BCUT2D eigenvalue weighted by molar-refractivity contribution is 5.81. The molecule has 0 radical (unpaired) electrons. The zero-order valence-electron chi connectivity index (χ0n) is 10.7. The summed E-state index contributed by atoms with van der Waals surface area (Å²) in [5.41, 5.74) is 3.79. The van der Waals surface area contributed by atoms with E-state index in [1.54, 1.807) is 0 Å². The van der Waals surface area contributed by atoms with Gasteiger partial charge in [-0.05, 0) is 0 Å². The molecule has 10 heteroatoms. The summed E-state index contributed by atoms with van der Waals surface area (Å²) in [5.74, 6) is 0.0921. The Morgan fingerprint density at radius 2 is 2.24 bits per heavy atom. The first kappa shape index (κ1) is 14.0. The van der Waals surface area contributed by atoms with E-state index in [4.69, 9.17) is 15.6 Å². The van der Waals surface area contributed by atoms with Crippen molar-refractivity contribution in [2.75, 3.05) is 12.3 Å². The second-order valence-electron chi connectivity index (χ2n) is 4.84. The number of hydrogen-bond donors (Lipinski definition) is 2. The summed E-state index contributed by atoms with van der Waals surface area (Å²) in [7, 11) is 0. The number of hydrogen-bond acceptors (Lipinski definition) is 6. The second-order valence-corrected chi connectivity index (χ2v) is 4.84. The van der Waals surface area contributed by atoms with E-state index >= 15 is 0 Å². The molecular formula is C11H12F3N5O2. The van der Waals surface area contributed by atoms with Gasteiger partial charge in [0.2, 0.25) is 0 Å². The highest BCUT2D eigenvalue weighted by atomic mass is 19.3. The van der Waals surface area contributed by atoms with Gasteiger partial charge in [0.05, 0.1) is 12.9 Å². The van der Waals surface area contributed by atoms with Crippen LogP contribution in [0.2, 0.25) is 0 Å². The lowest BCUT2D eigenvalue weighted by Gasteiger charge is -2.25. The van der Waals surface area contributed by atoms with Crippen LogP contribution in [0.3, 0.4) is 0 Å². The maximum Gasteiger partial charge on any atom is 0.269 e. The molecule has 3 unspecified atom stereocenters. The Labute approximate surface area is 116 Å². The molecule has 0 aromatic carbocycles. The number of nitrogens with zero attached hydrogens (tertiary/aromatic N) is 4. The molecule has 3 heterocycles. The third-order valence-electron chi connectivity index (χ3n) is 3.53. The van der Waals surface area contributed by atoms with Crippen LogP contribution in [-0.4, -0.2) is 49.4 Å². The number of imidazole rings is 1. The zero-order valence-corrected chi connectivity index (χ0v) is 10.7. The number of nitrogen functional groups attached to an aromatic ring is 1. The van der Waals surface area contributed by atoms with Crippen LogP contribution >= 0.6 is 0 Å². The van der Waals surface area contributed by atoms with Crippen LogP contribution in [0, 0.1) is 0 Å². The van der Waals surface area contributed by atoms with Crippen LogP contribution in [0.25, 0.3) is 11.2 Å². The first-order chi connectivity index (χ1) is 9.98. The predicted octanol–water partition coefficient (Wildman–Crippen LogP) is 0.662. The van der Waals surface area contributed by atoms with Crippen molar-refractivity contribution in [1.29, 1.82) is 0 Å². The molecule has 0 spiro atoms. The van der Waals surface area contributed by atoms with Crippen LogP contribution in [-0.2, 0) is 4.74 Å². The minimum Gasteiger partial charge on any atom is -0.393 e. The molecule has 114 valence electrons. The third-order valence-corrected chi connectivity index (χ3v) is 3.53. The highest BCUT2D eigenvalue weighted by Crippen LogP contribution is 2.42. The topological polar surface area (TPSA) is 99.1 Å². The summed E-state index contributed by atoms with van der Waals surface area (Å²) >= 11 is 0. The van der Waals surface area contributed by atoms with Gasteiger partial charge in [0.15, 0.2) is 23.3 Å². The van der Waals surface area contributed by atoms with E-state index in [2.05, 4.69) is 15.0 Å². The van der Waals surface area contributed by atoms with Crippen molar-refractivity contribution in [3.8, 4) is 0 Å². The molecule has 0 amide bonds. The fourth-order valence-corrected chi connectivity index (χ4v) is 2.39. The Balaban J connectivity index is 2.02. The average Bonchev–Trinajstić information content (AvgIpc) is 3.01. The fraction of sp³-hybridized carbons (Fsp3) is 0.545. The number of aliphatic hydroxyl groups excluding tert-OH is 1. The molecule has 21 heavy (non-hydrogen) atoms. The standard InChI is InChI=1S/C11H12F3N5O2/c12-5-1-11(2-20,10(13)14)21-9(5)19-4-18-6-7(15)16-3-17-8(6)19/h3-5,9-10,20H,1-2H2,(H2,15,16,17). The Morgan fingerprint density at radius 3 is 2.86 bits per heavy atom. The normalized spacial score (nSPS) is 29.6. The predicted molar refractivity (Wildman–Crippen MR) is 65.2 cm³/mol. The number of fused-ring (bicyclic) bond motifs is 1. The summed E-state index contributed by atoms with van der Waals surface area (Å²) in [6.07, 6.45) is -4.37. The van der Waals surface area contributed by atoms with Crippen molar-refractivity contribution in [2.45, 2.75) is 30.8 Å². The molecule has 3 rings (SSSR count). The molecule has 2 aromatic rings. The van der Waals surface area contributed by atoms with Crippen LogP contribution in [0.15, 0.2) is 12.7 Å². The van der Waals surface area contributed by atoms with Crippen LogP contribution in [0.4, 0.5) is 19.0 Å². The number of rotatable bonds is 3. The fourth-order valence-electron chi connectivity index (χ4n) is 2.39. The lowest BCUT2D eigenvalue weighted by atomic mass is 10.0. The Bertz CT molecular complexity index is 666. The van der Waals surface area contributed by atoms with Gasteiger partial charge in [-0.3, -0.25) is 4.57 Å². The van der Waals surface area contributed by atoms with Crippen LogP contribution < -0.4 is 5.73 Å². The summed E-state index contributed by atoms with van der Waals surface area (Å²) in [6, 6.07) is 0. The molecule has 1 fully saturated rings. The van der Waals surface area contributed by atoms with Crippen molar-refractivity contribution in [3.63, 3.8) is 0 Å². The summed E-state index contributed by atoms with van der Waals surface area (Å²) in [6.45, 7) is -0.981. The Hall–Kier alpha value is -1.94. The molecule has 0 aliphatic carbocycles. The van der Waals surface area contributed by atoms with Gasteiger partial charge in [-0.15, -0.1) is 0 Å². The second kappa shape index (κ2) is 4.81. The number of aliphatic hydroxyl groups is 1. The number of halogens is 3. The van der Waals surface area contributed by atoms with E-state index in [0.29, 0.717) is 0 Å². The number of nitrogens with two attached hydrogens (primary N) is 1. The molecule has 0 bridgehead atoms. The van der Waals surface area contributed by atoms with E-state index in [0.717, 1.165) is 6.33 Å². The summed E-state index contributed by atoms with van der Waals surface area (Å²) in [4.78, 5) is 11.6. The lowest BCUT2D eigenvalue weighted by molar-refractivity contribution is -0.170. The average molecular weight is 303 g/mol. The van der Waals surface area contributed by atoms with E-state index in [1.807, 2.05) is 0 Å². The van der Waals surface area contributed by atoms with Crippen molar-refractivity contribution in [2.24, 2.45) is 0 Å². The zero-order chi connectivity index (χ0) is 15.2. The molecule has 7 nitrogen and oxygen atoms in total. The molecule has 1 aliphatic heterocycles. The van der Waals surface area contributed by atoms with Gasteiger partial charge in [-0.1, -0.05) is 0 Å². The van der Waals surface area contributed by atoms with E-state index < -0.39 is 37.5 Å². The van der Waals surface area contributed by atoms with Crippen LogP contribution in [0.5, 0.6) is 0 Å². The van der Waals surface area contributed by atoms with Crippen LogP contribution in [0.1, 0.15) is 12.6 Å². The molecule has 3 atom stereocenters. The van der Waals surface area contributed by atoms with Crippen molar-refractivity contribution < 1.29 is 23.0 Å². The molecule has 1 saturated heterocycles. The summed E-state index contributed by atoms with van der Waals surface area (Å²) in [5, 5.41) is 9.14. The maximum atomic E-state index is 14.1. The van der Waals surface area contributed by atoms with Gasteiger partial charge in [0, 0.05) is 6.42 Å². The SMILES string of the molecule is Nc1ncnc2c1ncn2C1OC(CO)(C(F)F)CC1F. The van der Waals surface area contributed by atoms with Crippen molar-refractivity contribution in [1.82, 2.24) is 19.5 Å². The van der Waals surface area contributed by atoms with E-state index in [1.165, 1.54) is 10.9 Å². The van der Waals surface area contributed by atoms with Gasteiger partial charge >= 0.3 is 0 Å². The Kier molecular flexibility index (Phi) is 3.21. The van der Waals surface area contributed by atoms with Crippen molar-refractivity contribution >= 4 is 17.0 Å². The van der Waals surface area contributed by atoms with E-state index in [-0.39, 0.29) is 17.0 Å². The number of alkyl halides is 3. The first-order valence-electron chi connectivity index (χ1n) is 6.12. The molecule has 2 aromatic heterocycles. The monoisotopic (exact) mass is 303 g/mol. The minimum absolute atomic E-state index is 0.0921. The van der Waals surface area contributed by atoms with Gasteiger partial charge in [0.25, 0.3) is 6.43 Å². The highest BCUT2D eigenvalue weighted by Gasteiger charge is 2.53. The van der Waals surface area contributed by atoms with Gasteiger partial charge in [0.1, 0.15) is 18.0 Å². The largest absolute Gasteiger partial charge is 0.393 e. The van der Waals surface area contributed by atoms with Gasteiger partial charge in [-0.25, -0.2) is 28.1 Å². The molecule has 0 saturated carbocycles. The first-order valence-corrected chi connectivity index (χ1v) is 6.12. The minimum atomic E-state index is -3.01. The van der Waals surface area contributed by atoms with Gasteiger partial charge < -0.3 is 15.6 Å². The third kappa shape index (κ3) is 2.02. The molecule has 3 N–H and O–H groups in total. The quantitative estimate of drug-likeness (QED) is 0.864. The van der Waals surface area contributed by atoms with Gasteiger partial charge in [-0.2, -0.15) is 0 Å². The Morgan fingerprint density at radius 1 is 1.48 bits per heavy atom. The molecular weight excluding hydrogens is 291 g/mol. The number of ether oxygens (including phenoxy) is 1. The van der Waals surface area contributed by atoms with E-state index in [9.17, 15) is 13.2 Å². The number of aromatic nitrogens is 4. The number of anilines is 1. The molecule has 1 aliphatic rings. The summed E-state index contributed by atoms with van der Waals surface area (Å²) < 4.78 is 46.5. The smallest absolute Gasteiger partial charge is 0.269 e. The van der Waals surface area contributed by atoms with Crippen molar-refractivity contribution in [3.05, 3.63) is 12.7 Å².